The fourth-order valence-electron chi connectivity index (χ4n) is 3.19. The van der Waals surface area contributed by atoms with Gasteiger partial charge in [0.2, 0.25) is 5.69 Å². The Balaban J connectivity index is 2.27. The van der Waals surface area contributed by atoms with Crippen LogP contribution in [0, 0.1) is 13.5 Å². The summed E-state index contributed by atoms with van der Waals surface area (Å²) in [4.78, 5) is 3.73. The van der Waals surface area contributed by atoms with Crippen molar-refractivity contribution >= 4 is 27.5 Å². The predicted octanol–water partition coefficient (Wildman–Crippen LogP) is 5.64. The number of benzene rings is 3. The number of aromatic nitrogens is 1. The van der Waals surface area contributed by atoms with Gasteiger partial charge in [-0.1, -0.05) is 54.6 Å². The highest BCUT2D eigenvalue weighted by Gasteiger charge is 2.15. The van der Waals surface area contributed by atoms with E-state index >= 15 is 0 Å². The Bertz CT molecular complexity index is 995. The Hall–Kier alpha value is -3.05. The highest BCUT2D eigenvalue weighted by atomic mass is 15.0. The molecule has 4 aromatic rings. The molecule has 0 amide bonds. The van der Waals surface area contributed by atoms with E-state index in [0.717, 1.165) is 22.3 Å². The molecular weight excluding hydrogens is 268 g/mol. The van der Waals surface area contributed by atoms with Crippen LogP contribution < -0.4 is 0 Å². The molecule has 1 aromatic heterocycles. The molecule has 3 aromatic carbocycles. The number of fused-ring (bicyclic) bond motifs is 3. The molecule has 1 heterocycles. The fourth-order valence-corrected chi connectivity index (χ4v) is 3.19. The first kappa shape index (κ1) is 12.7. The minimum atomic E-state index is 0.687. The van der Waals surface area contributed by atoms with Crippen LogP contribution >= 0.6 is 0 Å². The Morgan fingerprint density at radius 3 is 1.95 bits per heavy atom. The molecule has 0 unspecified atom stereocenters. The Morgan fingerprint density at radius 1 is 0.773 bits per heavy atom. The Morgan fingerprint density at radius 2 is 1.36 bits per heavy atom. The first-order valence-corrected chi connectivity index (χ1v) is 7.27. The molecule has 2 heteroatoms. The van der Waals surface area contributed by atoms with Crippen LogP contribution in [0.5, 0.6) is 0 Å². The number of para-hydroxylation sites is 3. The van der Waals surface area contributed by atoms with Crippen molar-refractivity contribution in [2.75, 3.05) is 0 Å². The highest BCUT2D eigenvalue weighted by Crippen LogP contribution is 2.36. The van der Waals surface area contributed by atoms with Crippen molar-refractivity contribution in [2.45, 2.75) is 6.92 Å². The van der Waals surface area contributed by atoms with Gasteiger partial charge in [-0.25, -0.2) is 4.85 Å². The van der Waals surface area contributed by atoms with Gasteiger partial charge >= 0.3 is 0 Å². The topological polar surface area (TPSA) is 9.29 Å². The van der Waals surface area contributed by atoms with E-state index in [1.165, 1.54) is 10.8 Å². The molecule has 2 nitrogen and oxygen atoms in total. The van der Waals surface area contributed by atoms with Crippen LogP contribution in [-0.4, -0.2) is 4.57 Å². The first-order valence-electron chi connectivity index (χ1n) is 7.27. The van der Waals surface area contributed by atoms with E-state index < -0.39 is 0 Å². The fraction of sp³-hybridized carbons (Fsp3) is 0.0500. The number of nitrogens with zero attached hydrogens (tertiary/aromatic N) is 2. The molecule has 0 saturated heterocycles. The smallest absolute Gasteiger partial charge is 0.210 e. The van der Waals surface area contributed by atoms with Gasteiger partial charge in [0, 0.05) is 10.8 Å². The molecule has 0 aliphatic heterocycles. The summed E-state index contributed by atoms with van der Waals surface area (Å²) in [6, 6.07) is 22.6. The quantitative estimate of drug-likeness (QED) is 0.399. The minimum absolute atomic E-state index is 0.687. The van der Waals surface area contributed by atoms with Gasteiger partial charge in [0.05, 0.1) is 23.3 Å². The Kier molecular flexibility index (Phi) is 2.74. The SMILES string of the molecule is [C-]#[N+]c1cccc(C)c1-n1c2ccccc2c2ccccc21. The molecular formula is C20H14N2. The van der Waals surface area contributed by atoms with Gasteiger partial charge in [0.25, 0.3) is 0 Å². The lowest BCUT2D eigenvalue weighted by molar-refractivity contribution is 1.16. The van der Waals surface area contributed by atoms with Crippen molar-refractivity contribution in [3.63, 3.8) is 0 Å². The maximum absolute atomic E-state index is 7.51. The summed E-state index contributed by atoms with van der Waals surface area (Å²) >= 11 is 0. The first-order chi connectivity index (χ1) is 10.8. The van der Waals surface area contributed by atoms with Crippen molar-refractivity contribution in [1.29, 1.82) is 0 Å². The summed E-state index contributed by atoms with van der Waals surface area (Å²) in [6.45, 7) is 9.57. The molecule has 0 saturated carbocycles. The van der Waals surface area contributed by atoms with Gasteiger partial charge in [-0.3, -0.25) is 0 Å². The molecule has 0 spiro atoms. The number of hydrogen-bond donors (Lipinski definition) is 0. The lowest BCUT2D eigenvalue weighted by Crippen LogP contribution is -1.96. The van der Waals surface area contributed by atoms with Crippen LogP contribution in [0.25, 0.3) is 32.3 Å². The van der Waals surface area contributed by atoms with Gasteiger partial charge in [-0.2, -0.15) is 0 Å². The van der Waals surface area contributed by atoms with Crippen LogP contribution in [-0.2, 0) is 0 Å². The largest absolute Gasteiger partial charge is 0.319 e. The zero-order valence-corrected chi connectivity index (χ0v) is 12.2. The summed E-state index contributed by atoms with van der Waals surface area (Å²) < 4.78 is 2.22. The van der Waals surface area contributed by atoms with Crippen LogP contribution in [0.15, 0.2) is 66.7 Å². The summed E-state index contributed by atoms with van der Waals surface area (Å²) in [6.07, 6.45) is 0. The van der Waals surface area contributed by atoms with E-state index in [-0.39, 0.29) is 0 Å². The van der Waals surface area contributed by atoms with Gasteiger partial charge in [-0.05, 0) is 24.6 Å². The van der Waals surface area contributed by atoms with Crippen molar-refractivity contribution < 1.29 is 0 Å². The number of hydrogen-bond acceptors (Lipinski definition) is 0. The molecule has 104 valence electrons. The minimum Gasteiger partial charge on any atom is -0.319 e. The van der Waals surface area contributed by atoms with E-state index in [2.05, 4.69) is 58.8 Å². The zero-order valence-electron chi connectivity index (χ0n) is 12.2. The normalized spacial score (nSPS) is 10.9. The summed E-state index contributed by atoms with van der Waals surface area (Å²) in [5, 5.41) is 2.44. The van der Waals surface area contributed by atoms with Crippen molar-refractivity contribution in [3.05, 3.63) is 83.7 Å². The van der Waals surface area contributed by atoms with Crippen LogP contribution in [0.2, 0.25) is 0 Å². The zero-order chi connectivity index (χ0) is 15.1. The molecule has 0 aliphatic rings. The number of rotatable bonds is 1. The highest BCUT2D eigenvalue weighted by molar-refractivity contribution is 6.09. The third-order valence-electron chi connectivity index (χ3n) is 4.14. The standard InChI is InChI=1S/C20H14N2/c1-14-8-7-11-17(21-2)20(14)22-18-12-5-3-9-15(18)16-10-4-6-13-19(16)22/h3-13H,1H3. The monoisotopic (exact) mass is 282 g/mol. The maximum atomic E-state index is 7.51. The molecule has 0 radical (unpaired) electrons. The van der Waals surface area contributed by atoms with E-state index in [1.807, 2.05) is 24.3 Å². The van der Waals surface area contributed by atoms with E-state index in [1.54, 1.807) is 0 Å². The van der Waals surface area contributed by atoms with Crippen molar-refractivity contribution in [3.8, 4) is 5.69 Å². The van der Waals surface area contributed by atoms with Gasteiger partial charge in [0.1, 0.15) is 0 Å². The second-order valence-electron chi connectivity index (χ2n) is 5.42. The van der Waals surface area contributed by atoms with Gasteiger partial charge < -0.3 is 4.57 Å². The van der Waals surface area contributed by atoms with Gasteiger partial charge in [-0.15, -0.1) is 0 Å². The lowest BCUT2D eigenvalue weighted by atomic mass is 10.1. The summed E-state index contributed by atoms with van der Waals surface area (Å²) in [7, 11) is 0. The van der Waals surface area contributed by atoms with E-state index in [0.29, 0.717) is 5.69 Å². The van der Waals surface area contributed by atoms with E-state index in [4.69, 9.17) is 6.57 Å². The molecule has 0 aliphatic carbocycles. The lowest BCUT2D eigenvalue weighted by Gasteiger charge is -2.13. The average molecular weight is 282 g/mol. The molecule has 0 fully saturated rings. The van der Waals surface area contributed by atoms with Crippen LogP contribution in [0.1, 0.15) is 5.56 Å². The molecule has 0 atom stereocenters. The predicted molar refractivity (Wildman–Crippen MR) is 91.8 cm³/mol. The third kappa shape index (κ3) is 1.66. The molecule has 0 N–H and O–H groups in total. The third-order valence-corrected chi connectivity index (χ3v) is 4.14. The summed E-state index contributed by atoms with van der Waals surface area (Å²) in [5.41, 5.74) is 5.06. The number of aryl methyl sites for hydroxylation is 1. The van der Waals surface area contributed by atoms with Crippen LogP contribution in [0.3, 0.4) is 0 Å². The summed E-state index contributed by atoms with van der Waals surface area (Å²) in [5.74, 6) is 0. The second kappa shape index (κ2) is 4.75. The average Bonchev–Trinajstić information content (AvgIpc) is 2.89. The van der Waals surface area contributed by atoms with E-state index in [9.17, 15) is 0 Å². The molecule has 22 heavy (non-hydrogen) atoms. The molecule has 4 rings (SSSR count). The van der Waals surface area contributed by atoms with Crippen LogP contribution in [0.4, 0.5) is 5.69 Å². The van der Waals surface area contributed by atoms with Crippen molar-refractivity contribution in [1.82, 2.24) is 4.57 Å². The molecule has 0 bridgehead atoms. The second-order valence-corrected chi connectivity index (χ2v) is 5.42. The van der Waals surface area contributed by atoms with Crippen molar-refractivity contribution in [2.24, 2.45) is 0 Å². The van der Waals surface area contributed by atoms with Gasteiger partial charge in [0.15, 0.2) is 0 Å². The Labute approximate surface area is 129 Å². The maximum Gasteiger partial charge on any atom is 0.210 e.